The van der Waals surface area contributed by atoms with Gasteiger partial charge in [0.05, 0.1) is 6.04 Å². The van der Waals surface area contributed by atoms with E-state index < -0.39 is 12.1 Å². The Morgan fingerprint density at radius 3 is 2.49 bits per heavy atom. The van der Waals surface area contributed by atoms with Crippen LogP contribution in [0.1, 0.15) is 67.0 Å². The molecule has 3 aromatic carbocycles. The molecular formula is C40H47NO4. The van der Waals surface area contributed by atoms with Gasteiger partial charge >= 0.3 is 5.97 Å². The van der Waals surface area contributed by atoms with Crippen LogP contribution in [0.4, 0.5) is 0 Å². The Hall–Kier alpha value is -3.93. The van der Waals surface area contributed by atoms with Gasteiger partial charge in [-0.2, -0.15) is 0 Å². The Morgan fingerprint density at radius 2 is 1.76 bits per heavy atom. The van der Waals surface area contributed by atoms with E-state index in [1.807, 2.05) is 31.2 Å². The predicted molar refractivity (Wildman–Crippen MR) is 182 cm³/mol. The fraction of sp³-hybridized carbons (Fsp3) is 0.375. The maximum atomic E-state index is 11.5. The van der Waals surface area contributed by atoms with Gasteiger partial charge in [-0.05, 0) is 97.2 Å². The van der Waals surface area contributed by atoms with Crippen LogP contribution in [0.3, 0.4) is 0 Å². The molecule has 3 aromatic rings. The molecule has 0 aliphatic heterocycles. The molecule has 0 saturated heterocycles. The topological polar surface area (TPSA) is 59.0 Å². The Morgan fingerprint density at radius 1 is 0.978 bits per heavy atom. The number of carbonyl (C=O) groups is 1. The van der Waals surface area contributed by atoms with Crippen LogP contribution in [0, 0.1) is 0 Å². The Bertz CT molecular complexity index is 1520. The first-order chi connectivity index (χ1) is 21.9. The van der Waals surface area contributed by atoms with E-state index in [4.69, 9.17) is 9.47 Å². The van der Waals surface area contributed by atoms with E-state index >= 15 is 0 Å². The molecule has 45 heavy (non-hydrogen) atoms. The highest BCUT2D eigenvalue weighted by atomic mass is 16.5. The number of carboxylic acids is 1. The van der Waals surface area contributed by atoms with Crippen molar-refractivity contribution in [2.24, 2.45) is 0 Å². The summed E-state index contributed by atoms with van der Waals surface area (Å²) >= 11 is 0. The molecule has 5 nitrogen and oxygen atoms in total. The molecule has 0 spiro atoms. The summed E-state index contributed by atoms with van der Waals surface area (Å²) < 4.78 is 11.6. The van der Waals surface area contributed by atoms with Crippen molar-refractivity contribution in [2.75, 3.05) is 26.8 Å². The van der Waals surface area contributed by atoms with Crippen molar-refractivity contribution in [1.29, 1.82) is 0 Å². The number of benzene rings is 3. The lowest BCUT2D eigenvalue weighted by Gasteiger charge is -2.33. The summed E-state index contributed by atoms with van der Waals surface area (Å²) in [6.07, 6.45) is 13.1. The molecule has 2 aliphatic rings. The number of aryl methyl sites for hydroxylation is 1. The molecule has 0 bridgehead atoms. The number of unbranched alkanes of at least 4 members (excludes halogenated alkanes) is 1. The lowest BCUT2D eigenvalue weighted by atomic mass is 9.83. The normalized spacial score (nSPS) is 16.5. The quantitative estimate of drug-likeness (QED) is 0.190. The lowest BCUT2D eigenvalue weighted by molar-refractivity contribution is -0.149. The summed E-state index contributed by atoms with van der Waals surface area (Å²) in [5, 5.41) is 9.41. The number of fused-ring (bicyclic) bond motifs is 2. The molecule has 0 radical (unpaired) electrons. The lowest BCUT2D eigenvalue weighted by Crippen LogP contribution is -2.31. The van der Waals surface area contributed by atoms with Gasteiger partial charge in [0.25, 0.3) is 0 Å². The van der Waals surface area contributed by atoms with Gasteiger partial charge in [-0.15, -0.1) is 0 Å². The first kappa shape index (κ1) is 32.5. The van der Waals surface area contributed by atoms with Gasteiger partial charge in [0.15, 0.2) is 6.10 Å². The number of likely N-dealkylation sites (N-methyl/N-ethyl adjacent to an activating group) is 1. The van der Waals surface area contributed by atoms with E-state index in [1.54, 1.807) is 0 Å². The summed E-state index contributed by atoms with van der Waals surface area (Å²) in [6.45, 7) is 5.75. The van der Waals surface area contributed by atoms with E-state index in [0.29, 0.717) is 19.6 Å². The van der Waals surface area contributed by atoms with Crippen molar-refractivity contribution in [3.63, 3.8) is 0 Å². The molecule has 1 N–H and O–H groups in total. The minimum atomic E-state index is -0.938. The summed E-state index contributed by atoms with van der Waals surface area (Å²) in [4.78, 5) is 13.9. The van der Waals surface area contributed by atoms with Crippen molar-refractivity contribution in [3.05, 3.63) is 136 Å². The minimum Gasteiger partial charge on any atom is -0.492 e. The van der Waals surface area contributed by atoms with Crippen LogP contribution in [0.5, 0.6) is 5.75 Å². The van der Waals surface area contributed by atoms with E-state index in [2.05, 4.69) is 85.6 Å². The highest BCUT2D eigenvalue weighted by molar-refractivity contribution is 5.72. The van der Waals surface area contributed by atoms with Gasteiger partial charge in [-0.25, -0.2) is 4.79 Å². The SMILES string of the molecule is CCCCc1ccc2c(c1)C(N(C)CCOc1ccc(CC(OCC)C(=O)O)cc1)C1=CC=C(Cc3ccccc3)CC1=CC2. The molecular weight excluding hydrogens is 558 g/mol. The molecule has 0 amide bonds. The Kier molecular flexibility index (Phi) is 11.5. The van der Waals surface area contributed by atoms with E-state index in [-0.39, 0.29) is 6.04 Å². The van der Waals surface area contributed by atoms with E-state index in [9.17, 15) is 9.90 Å². The fourth-order valence-corrected chi connectivity index (χ4v) is 6.44. The second-order valence-electron chi connectivity index (χ2n) is 12.2. The van der Waals surface area contributed by atoms with Gasteiger partial charge in [-0.3, -0.25) is 4.90 Å². The highest BCUT2D eigenvalue weighted by Crippen LogP contribution is 2.42. The van der Waals surface area contributed by atoms with E-state index in [1.165, 1.54) is 51.8 Å². The second kappa shape index (κ2) is 15.9. The molecule has 2 unspecified atom stereocenters. The van der Waals surface area contributed by atoms with Gasteiger partial charge < -0.3 is 14.6 Å². The summed E-state index contributed by atoms with van der Waals surface area (Å²) in [7, 11) is 2.21. The third-order valence-electron chi connectivity index (χ3n) is 8.89. The number of allylic oxidation sites excluding steroid dienone is 4. The van der Waals surface area contributed by atoms with Crippen LogP contribution in [0.2, 0.25) is 0 Å². The number of nitrogens with zero attached hydrogens (tertiary/aromatic N) is 1. The average molecular weight is 606 g/mol. The smallest absolute Gasteiger partial charge is 0.333 e. The van der Waals surface area contributed by atoms with Gasteiger partial charge in [0.1, 0.15) is 12.4 Å². The van der Waals surface area contributed by atoms with Crippen LogP contribution in [-0.4, -0.2) is 48.9 Å². The number of carboxylic acid groups (broad SMARTS) is 1. The number of hydrogen-bond acceptors (Lipinski definition) is 4. The van der Waals surface area contributed by atoms with Crippen LogP contribution < -0.4 is 4.74 Å². The molecule has 5 rings (SSSR count). The maximum Gasteiger partial charge on any atom is 0.333 e. The number of rotatable bonds is 15. The van der Waals surface area contributed by atoms with Crippen molar-refractivity contribution >= 4 is 5.97 Å². The number of aliphatic carboxylic acids is 1. The Labute approximate surface area is 268 Å². The van der Waals surface area contributed by atoms with Crippen LogP contribution in [0.25, 0.3) is 0 Å². The second-order valence-corrected chi connectivity index (χ2v) is 12.2. The first-order valence-corrected chi connectivity index (χ1v) is 16.5. The molecule has 236 valence electrons. The molecule has 0 aromatic heterocycles. The zero-order chi connectivity index (χ0) is 31.6. The standard InChI is InChI=1S/C40H47NO4/c1-4-6-10-30-13-17-33-18-19-34-26-32(25-29-11-8-7-9-12-29)16-22-36(34)39(37(33)27-30)41(3)23-24-45-35-20-14-31(15-21-35)28-38(40(42)43)44-5-2/h7-9,11-17,19-22,27,38-39H,4-6,10,18,23-26,28H2,1-3H3,(H,42,43). The zero-order valence-corrected chi connectivity index (χ0v) is 27.0. The molecule has 2 atom stereocenters. The van der Waals surface area contributed by atoms with Crippen molar-refractivity contribution in [1.82, 2.24) is 4.90 Å². The van der Waals surface area contributed by atoms with Gasteiger partial charge in [-0.1, -0.05) is 97.8 Å². The summed E-state index contributed by atoms with van der Waals surface area (Å²) in [5.74, 6) is -0.156. The van der Waals surface area contributed by atoms with Crippen LogP contribution in [-0.2, 0) is 35.2 Å². The van der Waals surface area contributed by atoms with Crippen LogP contribution >= 0.6 is 0 Å². The zero-order valence-electron chi connectivity index (χ0n) is 27.0. The maximum absolute atomic E-state index is 11.5. The number of ether oxygens (including phenoxy) is 2. The monoisotopic (exact) mass is 605 g/mol. The predicted octanol–water partition coefficient (Wildman–Crippen LogP) is 8.10. The number of hydrogen-bond donors (Lipinski definition) is 1. The van der Waals surface area contributed by atoms with Crippen LogP contribution in [0.15, 0.2) is 108 Å². The Balaban J connectivity index is 1.32. The van der Waals surface area contributed by atoms with E-state index in [0.717, 1.165) is 43.5 Å². The molecule has 5 heteroatoms. The average Bonchev–Trinajstić information content (AvgIpc) is 3.21. The molecule has 0 fully saturated rings. The summed E-state index contributed by atoms with van der Waals surface area (Å²) in [5.41, 5.74) is 10.8. The molecule has 2 aliphatic carbocycles. The highest BCUT2D eigenvalue weighted by Gasteiger charge is 2.30. The largest absolute Gasteiger partial charge is 0.492 e. The first-order valence-electron chi connectivity index (χ1n) is 16.5. The van der Waals surface area contributed by atoms with Gasteiger partial charge in [0, 0.05) is 19.6 Å². The summed E-state index contributed by atoms with van der Waals surface area (Å²) in [6, 6.07) is 25.7. The van der Waals surface area contributed by atoms with Gasteiger partial charge in [0.2, 0.25) is 0 Å². The third-order valence-corrected chi connectivity index (χ3v) is 8.89. The van der Waals surface area contributed by atoms with Crippen molar-refractivity contribution in [2.45, 2.75) is 70.9 Å². The molecule has 0 heterocycles. The third kappa shape index (κ3) is 8.62. The van der Waals surface area contributed by atoms with Crippen molar-refractivity contribution in [3.8, 4) is 5.75 Å². The minimum absolute atomic E-state index is 0.155. The van der Waals surface area contributed by atoms with Crippen molar-refractivity contribution < 1.29 is 19.4 Å². The molecule has 0 saturated carbocycles. The fourth-order valence-electron chi connectivity index (χ4n) is 6.44.